The van der Waals surface area contributed by atoms with E-state index in [-0.39, 0.29) is 5.91 Å². The van der Waals surface area contributed by atoms with Gasteiger partial charge in [-0.3, -0.25) is 4.79 Å². The average Bonchev–Trinajstić information content (AvgIpc) is 2.67. The normalized spacial score (nSPS) is 10.1. The monoisotopic (exact) mass is 333 g/mol. The van der Waals surface area contributed by atoms with E-state index in [1.807, 2.05) is 66.7 Å². The van der Waals surface area contributed by atoms with Crippen molar-refractivity contribution in [3.8, 4) is 17.2 Å². The second-order valence-corrected chi connectivity index (χ2v) is 5.41. The predicted molar refractivity (Wildman–Crippen MR) is 97.1 cm³/mol. The lowest BCUT2D eigenvalue weighted by Gasteiger charge is -2.12. The number of nitrogens with one attached hydrogen (secondary N) is 1. The summed E-state index contributed by atoms with van der Waals surface area (Å²) in [6, 6.07) is 24.2. The van der Waals surface area contributed by atoms with Gasteiger partial charge in [-0.25, -0.2) is 0 Å². The summed E-state index contributed by atoms with van der Waals surface area (Å²) in [7, 11) is 1.61. The lowest BCUT2D eigenvalue weighted by atomic mass is 10.1. The molecule has 0 aliphatic rings. The number of para-hydroxylation sites is 3. The van der Waals surface area contributed by atoms with Gasteiger partial charge in [0.05, 0.1) is 12.7 Å². The van der Waals surface area contributed by atoms with E-state index in [2.05, 4.69) is 5.32 Å². The van der Waals surface area contributed by atoms with Crippen LogP contribution in [-0.2, 0) is 6.54 Å². The van der Waals surface area contributed by atoms with Crippen molar-refractivity contribution in [1.82, 2.24) is 5.32 Å². The Labute approximate surface area is 147 Å². The maximum atomic E-state index is 12.6. The van der Waals surface area contributed by atoms with Gasteiger partial charge in [-0.15, -0.1) is 0 Å². The summed E-state index contributed by atoms with van der Waals surface area (Å²) < 4.78 is 11.2. The predicted octanol–water partition coefficient (Wildman–Crippen LogP) is 4.42. The Kier molecular flexibility index (Phi) is 5.32. The minimum Gasteiger partial charge on any atom is -0.496 e. The Morgan fingerprint density at radius 1 is 0.840 bits per heavy atom. The van der Waals surface area contributed by atoms with E-state index in [0.29, 0.717) is 23.6 Å². The highest BCUT2D eigenvalue weighted by molar-refractivity contribution is 5.97. The number of hydrogen-bond donors (Lipinski definition) is 1. The van der Waals surface area contributed by atoms with Crippen molar-refractivity contribution in [3.63, 3.8) is 0 Å². The highest BCUT2D eigenvalue weighted by Crippen LogP contribution is 2.25. The molecule has 0 spiro atoms. The van der Waals surface area contributed by atoms with Gasteiger partial charge in [-0.2, -0.15) is 0 Å². The molecular weight excluding hydrogens is 314 g/mol. The van der Waals surface area contributed by atoms with Gasteiger partial charge in [0.15, 0.2) is 0 Å². The average molecular weight is 333 g/mol. The van der Waals surface area contributed by atoms with Gasteiger partial charge in [-0.1, -0.05) is 48.5 Å². The van der Waals surface area contributed by atoms with Crippen LogP contribution in [0, 0.1) is 0 Å². The fourth-order valence-corrected chi connectivity index (χ4v) is 2.48. The second-order valence-electron chi connectivity index (χ2n) is 5.41. The van der Waals surface area contributed by atoms with Crippen LogP contribution in [0.4, 0.5) is 0 Å². The van der Waals surface area contributed by atoms with Crippen LogP contribution in [0.5, 0.6) is 17.2 Å². The summed E-state index contributed by atoms with van der Waals surface area (Å²) in [6.45, 7) is 0.377. The van der Waals surface area contributed by atoms with E-state index in [9.17, 15) is 4.79 Å². The molecular formula is C21H19NO3. The van der Waals surface area contributed by atoms with Crippen LogP contribution < -0.4 is 14.8 Å². The summed E-state index contributed by atoms with van der Waals surface area (Å²) in [5.74, 6) is 1.76. The molecule has 0 saturated carbocycles. The lowest BCUT2D eigenvalue weighted by molar-refractivity contribution is 0.0948. The van der Waals surface area contributed by atoms with Crippen molar-refractivity contribution in [2.45, 2.75) is 6.54 Å². The molecule has 0 atom stereocenters. The smallest absolute Gasteiger partial charge is 0.255 e. The molecule has 0 unspecified atom stereocenters. The Hall–Kier alpha value is -3.27. The summed E-state index contributed by atoms with van der Waals surface area (Å²) in [5.41, 5.74) is 1.40. The zero-order valence-corrected chi connectivity index (χ0v) is 13.9. The standard InChI is InChI=1S/C21H19NO3/c1-24-19-13-7-5-9-16(19)15-22-21(23)18-12-6-8-14-20(18)25-17-10-3-2-4-11-17/h2-14H,15H2,1H3,(H,22,23). The first-order chi connectivity index (χ1) is 12.3. The molecule has 0 saturated heterocycles. The third kappa shape index (κ3) is 4.18. The third-order valence-corrected chi connectivity index (χ3v) is 3.73. The zero-order valence-electron chi connectivity index (χ0n) is 13.9. The molecule has 0 aromatic heterocycles. The van der Waals surface area contributed by atoms with Gasteiger partial charge in [0.25, 0.3) is 5.91 Å². The maximum absolute atomic E-state index is 12.6. The second kappa shape index (κ2) is 8.02. The molecule has 126 valence electrons. The minimum absolute atomic E-state index is 0.197. The first-order valence-corrected chi connectivity index (χ1v) is 8.00. The summed E-state index contributed by atoms with van der Waals surface area (Å²) in [6.07, 6.45) is 0. The van der Waals surface area contributed by atoms with Crippen LogP contribution in [0.15, 0.2) is 78.9 Å². The van der Waals surface area contributed by atoms with Crippen molar-refractivity contribution in [3.05, 3.63) is 90.0 Å². The van der Waals surface area contributed by atoms with E-state index in [0.717, 1.165) is 11.3 Å². The van der Waals surface area contributed by atoms with Gasteiger partial charge in [0.1, 0.15) is 17.2 Å². The Morgan fingerprint density at radius 3 is 2.24 bits per heavy atom. The van der Waals surface area contributed by atoms with Crippen LogP contribution in [0.2, 0.25) is 0 Å². The molecule has 0 bridgehead atoms. The summed E-state index contributed by atoms with van der Waals surface area (Å²) in [4.78, 5) is 12.6. The van der Waals surface area contributed by atoms with Crippen molar-refractivity contribution in [2.75, 3.05) is 7.11 Å². The number of carbonyl (C=O) groups excluding carboxylic acids is 1. The first-order valence-electron chi connectivity index (χ1n) is 8.00. The van der Waals surface area contributed by atoms with Crippen LogP contribution in [0.1, 0.15) is 15.9 Å². The molecule has 4 nitrogen and oxygen atoms in total. The molecule has 3 aromatic carbocycles. The topological polar surface area (TPSA) is 47.6 Å². The number of rotatable bonds is 6. The number of ether oxygens (including phenoxy) is 2. The van der Waals surface area contributed by atoms with E-state index in [1.54, 1.807) is 19.2 Å². The number of amides is 1. The Morgan fingerprint density at radius 2 is 1.48 bits per heavy atom. The number of benzene rings is 3. The van der Waals surface area contributed by atoms with Gasteiger partial charge >= 0.3 is 0 Å². The van der Waals surface area contributed by atoms with Gasteiger partial charge in [0.2, 0.25) is 0 Å². The molecule has 25 heavy (non-hydrogen) atoms. The largest absolute Gasteiger partial charge is 0.496 e. The first kappa shape index (κ1) is 16.6. The fraction of sp³-hybridized carbons (Fsp3) is 0.0952. The van der Waals surface area contributed by atoms with Crippen molar-refractivity contribution >= 4 is 5.91 Å². The van der Waals surface area contributed by atoms with Crippen molar-refractivity contribution in [2.24, 2.45) is 0 Å². The molecule has 0 heterocycles. The molecule has 4 heteroatoms. The molecule has 3 rings (SSSR count). The maximum Gasteiger partial charge on any atom is 0.255 e. The van der Waals surface area contributed by atoms with Crippen molar-refractivity contribution in [1.29, 1.82) is 0 Å². The van der Waals surface area contributed by atoms with E-state index in [4.69, 9.17) is 9.47 Å². The molecule has 3 aromatic rings. The van der Waals surface area contributed by atoms with E-state index >= 15 is 0 Å². The fourth-order valence-electron chi connectivity index (χ4n) is 2.48. The quantitative estimate of drug-likeness (QED) is 0.726. The number of carbonyl (C=O) groups is 1. The molecule has 1 N–H and O–H groups in total. The van der Waals surface area contributed by atoms with Crippen molar-refractivity contribution < 1.29 is 14.3 Å². The van der Waals surface area contributed by atoms with Crippen LogP contribution in [-0.4, -0.2) is 13.0 Å². The molecule has 0 radical (unpaired) electrons. The highest BCUT2D eigenvalue weighted by atomic mass is 16.5. The Balaban J connectivity index is 1.74. The molecule has 1 amide bonds. The summed E-state index contributed by atoms with van der Waals surface area (Å²) in [5, 5.41) is 2.92. The van der Waals surface area contributed by atoms with E-state index < -0.39 is 0 Å². The van der Waals surface area contributed by atoms with Gasteiger partial charge < -0.3 is 14.8 Å². The van der Waals surface area contributed by atoms with Crippen LogP contribution >= 0.6 is 0 Å². The van der Waals surface area contributed by atoms with Gasteiger partial charge in [0, 0.05) is 12.1 Å². The minimum atomic E-state index is -0.197. The van der Waals surface area contributed by atoms with E-state index in [1.165, 1.54) is 0 Å². The van der Waals surface area contributed by atoms with Crippen LogP contribution in [0.25, 0.3) is 0 Å². The number of hydrogen-bond acceptors (Lipinski definition) is 3. The zero-order chi connectivity index (χ0) is 17.5. The summed E-state index contributed by atoms with van der Waals surface area (Å²) >= 11 is 0. The Bertz CT molecular complexity index is 847. The number of methoxy groups -OCH3 is 1. The van der Waals surface area contributed by atoms with Crippen LogP contribution in [0.3, 0.4) is 0 Å². The molecule has 0 aliphatic heterocycles. The lowest BCUT2D eigenvalue weighted by Crippen LogP contribution is -2.23. The molecule has 0 fully saturated rings. The SMILES string of the molecule is COc1ccccc1CNC(=O)c1ccccc1Oc1ccccc1. The third-order valence-electron chi connectivity index (χ3n) is 3.73. The highest BCUT2D eigenvalue weighted by Gasteiger charge is 2.13. The molecule has 0 aliphatic carbocycles. The van der Waals surface area contributed by atoms with Gasteiger partial charge in [-0.05, 0) is 30.3 Å².